The van der Waals surface area contributed by atoms with Crippen LogP contribution in [0.2, 0.25) is 0 Å². The van der Waals surface area contributed by atoms with Gasteiger partial charge in [0.1, 0.15) is 24.1 Å². The summed E-state index contributed by atoms with van der Waals surface area (Å²) >= 11 is 2.47. The number of imidazole rings is 1. The number of benzene rings is 1. The highest BCUT2D eigenvalue weighted by Crippen LogP contribution is 2.33. The second-order valence-electron chi connectivity index (χ2n) is 9.66. The van der Waals surface area contributed by atoms with Crippen molar-refractivity contribution in [2.75, 3.05) is 24.6 Å². The number of carboxylic acids is 1. The Kier molecular flexibility index (Phi) is 9.95. The predicted octanol–water partition coefficient (Wildman–Crippen LogP) is 0.135. The Hall–Kier alpha value is -4.02. The molecule has 4 rings (SSSR count). The van der Waals surface area contributed by atoms with Crippen molar-refractivity contribution < 1.29 is 46.3 Å². The summed E-state index contributed by atoms with van der Waals surface area (Å²) in [4.78, 5) is 54.3. The van der Waals surface area contributed by atoms with Crippen LogP contribution in [-0.2, 0) is 33.9 Å². The molecule has 18 nitrogen and oxygen atoms in total. The zero-order valence-corrected chi connectivity index (χ0v) is 25.6. The molecular weight excluding hydrogens is 645 g/mol. The van der Waals surface area contributed by atoms with E-state index in [2.05, 4.69) is 29.7 Å². The third-order valence-electron chi connectivity index (χ3n) is 6.07. The minimum atomic E-state index is -5.01. The van der Waals surface area contributed by atoms with Gasteiger partial charge in [-0.15, -0.1) is 15.6 Å². The van der Waals surface area contributed by atoms with Crippen LogP contribution < -0.4 is 21.5 Å². The summed E-state index contributed by atoms with van der Waals surface area (Å²) < 4.78 is 41.0. The fraction of sp³-hybridized carbons (Fsp3) is 0.391. The quantitative estimate of drug-likeness (QED) is 0.0313. The molecule has 1 aliphatic rings. The fourth-order valence-corrected chi connectivity index (χ4v) is 5.68. The van der Waals surface area contributed by atoms with Crippen LogP contribution in [0.15, 0.2) is 33.9 Å². The highest BCUT2D eigenvalue weighted by atomic mass is 32.3. The Morgan fingerprint density at radius 2 is 2.09 bits per heavy atom. The van der Waals surface area contributed by atoms with E-state index in [0.717, 1.165) is 23.5 Å². The fourth-order valence-electron chi connectivity index (χ4n) is 3.83. The number of thioether (sulfide) groups is 1. The summed E-state index contributed by atoms with van der Waals surface area (Å²) in [6.07, 6.45) is -0.857. The number of rotatable bonds is 15. The maximum Gasteiger partial charge on any atom is 0.418 e. The molecule has 1 fully saturated rings. The van der Waals surface area contributed by atoms with Crippen molar-refractivity contribution in [1.29, 1.82) is 0 Å². The highest BCUT2D eigenvalue weighted by Gasteiger charge is 2.58. The summed E-state index contributed by atoms with van der Waals surface area (Å²) in [6.45, 7) is 2.77. The number of nitrogens with zero attached hydrogens (tertiary/aromatic N) is 4. The molecule has 0 spiro atoms. The number of H-pyrrole nitrogens is 1. The van der Waals surface area contributed by atoms with Crippen LogP contribution in [0, 0.1) is 0 Å². The molecule has 2 unspecified atom stereocenters. The zero-order chi connectivity index (χ0) is 32.2. The maximum absolute atomic E-state index is 13.2. The van der Waals surface area contributed by atoms with Gasteiger partial charge in [-0.05, 0) is 38.9 Å². The van der Waals surface area contributed by atoms with Gasteiger partial charge in [-0.1, -0.05) is 16.9 Å². The van der Waals surface area contributed by atoms with Crippen molar-refractivity contribution in [3.05, 3.63) is 29.3 Å². The van der Waals surface area contributed by atoms with E-state index in [1.807, 2.05) is 0 Å². The smallest absolute Gasteiger partial charge is 0.418 e. The average Bonchev–Trinajstić information content (AvgIpc) is 3.56. The lowest BCUT2D eigenvalue weighted by Crippen LogP contribution is -2.76. The summed E-state index contributed by atoms with van der Waals surface area (Å²) in [5.41, 5.74) is 10.5. The molecule has 2 atom stereocenters. The number of oxime groups is 1. The van der Waals surface area contributed by atoms with E-state index in [4.69, 9.17) is 25.6 Å². The number of nitrogens with one attached hydrogen (secondary N) is 2. The first-order valence-corrected chi connectivity index (χ1v) is 15.9. The lowest BCUT2D eigenvalue weighted by molar-refractivity contribution is -0.218. The largest absolute Gasteiger partial charge is 0.489 e. The Balaban J connectivity index is 1.46. The Morgan fingerprint density at radius 1 is 1.34 bits per heavy atom. The molecule has 2 aromatic heterocycles. The molecular formula is C23H28N8O10S3. The molecule has 0 radical (unpaired) electrons. The van der Waals surface area contributed by atoms with Crippen molar-refractivity contribution in [3.8, 4) is 5.75 Å². The number of nitrogen functional groups attached to an aromatic ring is 1. The molecule has 2 amide bonds. The molecule has 0 bridgehead atoms. The first-order valence-electron chi connectivity index (χ1n) is 12.6. The van der Waals surface area contributed by atoms with Crippen molar-refractivity contribution in [2.24, 2.45) is 10.9 Å². The first kappa shape index (κ1) is 32.9. The molecule has 3 aromatic rings. The molecule has 0 aliphatic carbocycles. The normalized spacial score (nSPS) is 17.3. The summed E-state index contributed by atoms with van der Waals surface area (Å²) in [7, 11) is -5.01. The topological polar surface area (TPSA) is 275 Å². The van der Waals surface area contributed by atoms with E-state index in [0.29, 0.717) is 33.5 Å². The molecule has 1 aromatic carbocycles. The molecule has 21 heteroatoms. The number of ether oxygens (including phenoxy) is 1. The van der Waals surface area contributed by atoms with Crippen molar-refractivity contribution in [3.63, 3.8) is 0 Å². The third kappa shape index (κ3) is 7.73. The van der Waals surface area contributed by atoms with E-state index in [9.17, 15) is 27.9 Å². The monoisotopic (exact) mass is 672 g/mol. The van der Waals surface area contributed by atoms with Gasteiger partial charge in [-0.3, -0.25) is 14.1 Å². The van der Waals surface area contributed by atoms with Crippen LogP contribution in [-0.4, -0.2) is 98.2 Å². The van der Waals surface area contributed by atoms with Gasteiger partial charge >= 0.3 is 16.4 Å². The number of anilines is 1. The van der Waals surface area contributed by atoms with Gasteiger partial charge in [-0.25, -0.2) is 14.8 Å². The number of nitrogens with two attached hydrogens (primary N) is 2. The van der Waals surface area contributed by atoms with E-state index in [1.54, 1.807) is 18.2 Å². The zero-order valence-electron chi connectivity index (χ0n) is 23.1. The molecule has 0 saturated carbocycles. The minimum absolute atomic E-state index is 0.0570. The van der Waals surface area contributed by atoms with Crippen molar-refractivity contribution in [2.45, 2.75) is 43.1 Å². The number of hydroxylamine groups is 2. The van der Waals surface area contributed by atoms with Gasteiger partial charge in [0.15, 0.2) is 16.0 Å². The van der Waals surface area contributed by atoms with Gasteiger partial charge < -0.3 is 36.4 Å². The number of aromatic nitrogens is 3. The van der Waals surface area contributed by atoms with E-state index >= 15 is 0 Å². The number of carbonyl (C=O) groups is 3. The first-order chi connectivity index (χ1) is 20.7. The van der Waals surface area contributed by atoms with Crippen molar-refractivity contribution >= 4 is 73.2 Å². The number of amides is 2. The summed E-state index contributed by atoms with van der Waals surface area (Å²) in [5, 5.41) is 18.3. The minimum Gasteiger partial charge on any atom is -0.489 e. The number of aromatic amines is 1. The Morgan fingerprint density at radius 3 is 2.70 bits per heavy atom. The number of aliphatic carboxylic acids is 1. The van der Waals surface area contributed by atoms with Crippen LogP contribution in [0.4, 0.5) is 5.13 Å². The SMILES string of the molecule is CC1(C)C(NC(=O)/C(=N\OC(COc2ccc3nc(SCCCN)[nH]c3c2)C(=O)O)c2csc(N)n2)C(=O)N1OS(=O)(=O)O. The number of carboxylic acid groups (broad SMARTS) is 1. The molecule has 1 aliphatic heterocycles. The number of fused-ring (bicyclic) bond motifs is 1. The summed E-state index contributed by atoms with van der Waals surface area (Å²) in [6, 6.07) is 3.61. The van der Waals surface area contributed by atoms with Gasteiger partial charge in [-0.2, -0.15) is 13.5 Å². The Bertz CT molecular complexity index is 1690. The van der Waals surface area contributed by atoms with Crippen LogP contribution in [0.5, 0.6) is 5.75 Å². The van der Waals surface area contributed by atoms with Crippen molar-refractivity contribution in [1.82, 2.24) is 25.3 Å². The number of carbonyl (C=O) groups excluding carboxylic acids is 2. The van der Waals surface area contributed by atoms with E-state index < -0.39 is 58.2 Å². The van der Waals surface area contributed by atoms with E-state index in [1.165, 1.54) is 31.0 Å². The third-order valence-corrected chi connectivity index (χ3v) is 8.04. The molecule has 8 N–H and O–H groups in total. The maximum atomic E-state index is 13.2. The highest BCUT2D eigenvalue weighted by molar-refractivity contribution is 7.99. The second kappa shape index (κ2) is 13.3. The molecule has 1 saturated heterocycles. The molecule has 44 heavy (non-hydrogen) atoms. The number of β-lactam (4-membered cyclic amide) rings is 1. The average molecular weight is 673 g/mol. The van der Waals surface area contributed by atoms with Gasteiger partial charge in [0.05, 0.1) is 16.6 Å². The lowest BCUT2D eigenvalue weighted by atomic mass is 9.84. The van der Waals surface area contributed by atoms with Crippen LogP contribution in [0.25, 0.3) is 11.0 Å². The van der Waals surface area contributed by atoms with Gasteiger partial charge in [0, 0.05) is 17.2 Å². The van der Waals surface area contributed by atoms with Crippen LogP contribution in [0.1, 0.15) is 26.0 Å². The summed E-state index contributed by atoms with van der Waals surface area (Å²) in [5.74, 6) is -2.37. The second-order valence-corrected chi connectivity index (χ2v) is 12.6. The van der Waals surface area contributed by atoms with Crippen LogP contribution >= 0.6 is 23.1 Å². The van der Waals surface area contributed by atoms with Crippen LogP contribution in [0.3, 0.4) is 0 Å². The predicted molar refractivity (Wildman–Crippen MR) is 157 cm³/mol. The lowest BCUT2D eigenvalue weighted by Gasteiger charge is -2.50. The number of hydrogen-bond acceptors (Lipinski definition) is 15. The Labute approximate surface area is 258 Å². The molecule has 3 heterocycles. The molecule has 238 valence electrons. The van der Waals surface area contributed by atoms with Gasteiger partial charge in [0.25, 0.3) is 17.9 Å². The van der Waals surface area contributed by atoms with E-state index in [-0.39, 0.29) is 10.8 Å². The number of thiazole rings is 1. The van der Waals surface area contributed by atoms with Gasteiger partial charge in [0.2, 0.25) is 0 Å². The standard InChI is InChI=1S/C23H28N8O10S3/c1-23(2)17(19(33)31(23)41-44(36,37)38)29-18(32)16(14-10-43-21(25)26-14)30-40-15(20(34)35)9-39-11-4-5-12-13(8-11)28-22(27-12)42-7-3-6-24/h4-5,8,10,15,17H,3,6-7,9,24H2,1-2H3,(H2,25,26)(H,27,28)(H,29,32)(H,34,35)(H,36,37,38)/b30-16-. The number of hydrogen-bond donors (Lipinski definition) is 6.